The Hall–Kier alpha value is -0.610. The average molecular weight is 492 g/mol. The van der Waals surface area contributed by atoms with Gasteiger partial charge in [-0.25, -0.2) is 0 Å². The van der Waals surface area contributed by atoms with Gasteiger partial charge >= 0.3 is 0 Å². The Kier molecular flexibility index (Phi) is 9.07. The molecule has 1 aliphatic carbocycles. The zero-order chi connectivity index (χ0) is 18.5. The molecule has 27 heavy (non-hydrogen) atoms. The van der Waals surface area contributed by atoms with Gasteiger partial charge in [0.2, 0.25) is 5.91 Å². The van der Waals surface area contributed by atoms with Crippen LogP contribution in [0.15, 0.2) is 4.99 Å². The summed E-state index contributed by atoms with van der Waals surface area (Å²) in [7, 11) is 6.20. The zero-order valence-corrected chi connectivity index (χ0v) is 19.4. The minimum absolute atomic E-state index is 0. The first-order valence-corrected chi connectivity index (χ1v) is 10.2. The second kappa shape index (κ2) is 10.8. The molecular formula is C19H37IN6O. The van der Waals surface area contributed by atoms with Crippen LogP contribution in [0.25, 0.3) is 0 Å². The van der Waals surface area contributed by atoms with E-state index >= 15 is 0 Å². The summed E-state index contributed by atoms with van der Waals surface area (Å²) >= 11 is 0. The molecule has 2 aliphatic heterocycles. The first kappa shape index (κ1) is 22.7. The summed E-state index contributed by atoms with van der Waals surface area (Å²) in [6.07, 6.45) is 5.60. The molecule has 3 rings (SSSR count). The standard InChI is InChI=1S/C19H36N6O.HI/c1-20-19(21-12-17-14-23(2)10-11-24(17)3)22-16-8-9-25(13-16)18(26)15-6-4-5-7-15;/h15-17H,4-14H2,1-3H3,(H2,20,21,22);1H. The Labute approximate surface area is 181 Å². The van der Waals surface area contributed by atoms with Gasteiger partial charge in [-0.15, -0.1) is 24.0 Å². The van der Waals surface area contributed by atoms with Gasteiger partial charge in [0.25, 0.3) is 0 Å². The van der Waals surface area contributed by atoms with Crippen LogP contribution in [-0.4, -0.2) is 99.1 Å². The molecule has 0 aromatic heterocycles. The van der Waals surface area contributed by atoms with Crippen LogP contribution in [0.1, 0.15) is 32.1 Å². The van der Waals surface area contributed by atoms with Gasteiger partial charge in [0.1, 0.15) is 0 Å². The first-order valence-electron chi connectivity index (χ1n) is 10.2. The van der Waals surface area contributed by atoms with Crippen molar-refractivity contribution in [1.82, 2.24) is 25.3 Å². The summed E-state index contributed by atoms with van der Waals surface area (Å²) in [5.41, 5.74) is 0. The Balaban J connectivity index is 0.00000261. The number of aliphatic imine (C=N–C) groups is 1. The molecule has 0 bridgehead atoms. The smallest absolute Gasteiger partial charge is 0.225 e. The number of likely N-dealkylation sites (tertiary alicyclic amines) is 1. The van der Waals surface area contributed by atoms with E-state index in [-0.39, 0.29) is 29.9 Å². The number of nitrogens with zero attached hydrogens (tertiary/aromatic N) is 4. The molecule has 0 aromatic rings. The van der Waals surface area contributed by atoms with Crippen molar-refractivity contribution < 1.29 is 4.79 Å². The molecule has 3 aliphatic rings. The second-order valence-corrected chi connectivity index (χ2v) is 8.25. The number of halogens is 1. The number of guanidine groups is 1. The highest BCUT2D eigenvalue weighted by Gasteiger charge is 2.32. The van der Waals surface area contributed by atoms with Crippen LogP contribution < -0.4 is 10.6 Å². The van der Waals surface area contributed by atoms with Gasteiger partial charge in [-0.3, -0.25) is 14.7 Å². The Morgan fingerprint density at radius 1 is 1.07 bits per heavy atom. The lowest BCUT2D eigenvalue weighted by atomic mass is 10.1. The minimum Gasteiger partial charge on any atom is -0.355 e. The summed E-state index contributed by atoms with van der Waals surface area (Å²) in [4.78, 5) is 23.8. The van der Waals surface area contributed by atoms with Crippen LogP contribution in [-0.2, 0) is 4.79 Å². The zero-order valence-electron chi connectivity index (χ0n) is 17.1. The number of carbonyl (C=O) groups is 1. The fourth-order valence-electron chi connectivity index (χ4n) is 4.43. The molecule has 8 heteroatoms. The number of nitrogens with one attached hydrogen (secondary N) is 2. The highest BCUT2D eigenvalue weighted by molar-refractivity contribution is 14.0. The molecular weight excluding hydrogens is 455 g/mol. The Morgan fingerprint density at radius 3 is 2.52 bits per heavy atom. The number of amides is 1. The van der Waals surface area contributed by atoms with Gasteiger partial charge in [-0.05, 0) is 33.4 Å². The van der Waals surface area contributed by atoms with E-state index in [1.54, 1.807) is 0 Å². The Morgan fingerprint density at radius 2 is 1.81 bits per heavy atom. The van der Waals surface area contributed by atoms with Crippen LogP contribution in [0, 0.1) is 5.92 Å². The highest BCUT2D eigenvalue weighted by atomic mass is 127. The third-order valence-electron chi connectivity index (χ3n) is 6.25. The van der Waals surface area contributed by atoms with E-state index in [4.69, 9.17) is 0 Å². The molecule has 1 saturated carbocycles. The van der Waals surface area contributed by atoms with Crippen molar-refractivity contribution in [1.29, 1.82) is 0 Å². The van der Waals surface area contributed by atoms with Crippen LogP contribution in [0.2, 0.25) is 0 Å². The largest absolute Gasteiger partial charge is 0.355 e. The molecule has 156 valence electrons. The molecule has 1 amide bonds. The van der Waals surface area contributed by atoms with E-state index in [0.29, 0.717) is 18.0 Å². The third-order valence-corrected chi connectivity index (χ3v) is 6.25. The quantitative estimate of drug-likeness (QED) is 0.346. The lowest BCUT2D eigenvalue weighted by Crippen LogP contribution is -2.56. The molecule has 3 fully saturated rings. The van der Waals surface area contributed by atoms with Crippen LogP contribution in [0.4, 0.5) is 0 Å². The summed E-state index contributed by atoms with van der Waals surface area (Å²) in [5.74, 6) is 1.51. The van der Waals surface area contributed by atoms with Gasteiger partial charge in [0.05, 0.1) is 0 Å². The first-order chi connectivity index (χ1) is 12.6. The maximum Gasteiger partial charge on any atom is 0.225 e. The molecule has 2 atom stereocenters. The maximum absolute atomic E-state index is 12.6. The molecule has 0 radical (unpaired) electrons. The predicted molar refractivity (Wildman–Crippen MR) is 121 cm³/mol. The number of piperazine rings is 1. The van der Waals surface area contributed by atoms with E-state index in [1.807, 2.05) is 7.05 Å². The number of carbonyl (C=O) groups excluding carboxylic acids is 1. The summed E-state index contributed by atoms with van der Waals surface area (Å²) in [6, 6.07) is 0.801. The molecule has 0 aromatic carbocycles. The van der Waals surface area contributed by atoms with Crippen LogP contribution in [0.3, 0.4) is 0 Å². The van der Waals surface area contributed by atoms with Crippen molar-refractivity contribution in [3.63, 3.8) is 0 Å². The van der Waals surface area contributed by atoms with E-state index in [1.165, 1.54) is 12.8 Å². The highest BCUT2D eigenvalue weighted by Crippen LogP contribution is 2.27. The lowest BCUT2D eigenvalue weighted by Gasteiger charge is -2.38. The van der Waals surface area contributed by atoms with Crippen molar-refractivity contribution >= 4 is 35.8 Å². The van der Waals surface area contributed by atoms with Gasteiger partial charge in [-0.2, -0.15) is 0 Å². The van der Waals surface area contributed by atoms with E-state index < -0.39 is 0 Å². The van der Waals surface area contributed by atoms with Crippen molar-refractivity contribution in [2.24, 2.45) is 10.9 Å². The predicted octanol–water partition coefficient (Wildman–Crippen LogP) is 0.806. The topological polar surface area (TPSA) is 63.2 Å². The van der Waals surface area contributed by atoms with E-state index in [0.717, 1.165) is 64.5 Å². The molecule has 2 unspecified atom stereocenters. The second-order valence-electron chi connectivity index (χ2n) is 8.25. The Bertz CT molecular complexity index is 510. The van der Waals surface area contributed by atoms with Crippen LogP contribution in [0.5, 0.6) is 0 Å². The summed E-state index contributed by atoms with van der Waals surface area (Å²) in [6.45, 7) is 5.89. The van der Waals surface area contributed by atoms with Gasteiger partial charge in [0, 0.05) is 64.3 Å². The van der Waals surface area contributed by atoms with Crippen molar-refractivity contribution in [2.45, 2.75) is 44.2 Å². The SMILES string of the molecule is CN=C(NCC1CN(C)CCN1C)NC1CCN(C(=O)C2CCCC2)C1.I. The number of hydrogen-bond acceptors (Lipinski definition) is 4. The molecule has 2 saturated heterocycles. The molecule has 2 N–H and O–H groups in total. The van der Waals surface area contributed by atoms with Gasteiger partial charge < -0.3 is 20.4 Å². The van der Waals surface area contributed by atoms with Crippen molar-refractivity contribution in [3.05, 3.63) is 0 Å². The lowest BCUT2D eigenvalue weighted by molar-refractivity contribution is -0.134. The summed E-state index contributed by atoms with van der Waals surface area (Å²) in [5, 5.41) is 7.00. The maximum atomic E-state index is 12.6. The van der Waals surface area contributed by atoms with Gasteiger partial charge in [0.15, 0.2) is 5.96 Å². The average Bonchev–Trinajstić information content (AvgIpc) is 3.32. The molecule has 0 spiro atoms. The van der Waals surface area contributed by atoms with Gasteiger partial charge in [-0.1, -0.05) is 12.8 Å². The van der Waals surface area contributed by atoms with E-state index in [9.17, 15) is 4.79 Å². The summed E-state index contributed by atoms with van der Waals surface area (Å²) < 4.78 is 0. The molecule has 2 heterocycles. The number of hydrogen-bond donors (Lipinski definition) is 2. The van der Waals surface area contributed by atoms with Crippen LogP contribution >= 0.6 is 24.0 Å². The fraction of sp³-hybridized carbons (Fsp3) is 0.895. The fourth-order valence-corrected chi connectivity index (χ4v) is 4.43. The van der Waals surface area contributed by atoms with Crippen molar-refractivity contribution in [3.8, 4) is 0 Å². The van der Waals surface area contributed by atoms with Crippen molar-refractivity contribution in [2.75, 3.05) is 60.4 Å². The normalized spacial score (nSPS) is 28.3. The number of likely N-dealkylation sites (N-methyl/N-ethyl adjacent to an activating group) is 2. The third kappa shape index (κ3) is 6.19. The van der Waals surface area contributed by atoms with E-state index in [2.05, 4.69) is 44.4 Å². The minimum atomic E-state index is 0. The number of rotatable bonds is 4. The monoisotopic (exact) mass is 492 g/mol. The molecule has 7 nitrogen and oxygen atoms in total.